The van der Waals surface area contributed by atoms with Crippen LogP contribution in [-0.4, -0.2) is 43.0 Å². The third-order valence-electron chi connectivity index (χ3n) is 4.02. The number of amides is 1. The van der Waals surface area contributed by atoms with Crippen LogP contribution in [0.4, 0.5) is 5.69 Å². The van der Waals surface area contributed by atoms with E-state index in [4.69, 9.17) is 0 Å². The van der Waals surface area contributed by atoms with Crippen LogP contribution in [0.5, 0.6) is 0 Å². The third kappa shape index (κ3) is 2.89. The summed E-state index contributed by atoms with van der Waals surface area (Å²) in [5.41, 5.74) is 2.62. The predicted molar refractivity (Wildman–Crippen MR) is 76.2 cm³/mol. The van der Waals surface area contributed by atoms with E-state index in [1.54, 1.807) is 0 Å². The van der Waals surface area contributed by atoms with Crippen molar-refractivity contribution in [3.8, 4) is 0 Å². The number of benzene rings is 1. The van der Waals surface area contributed by atoms with E-state index in [9.17, 15) is 4.79 Å². The first-order chi connectivity index (χ1) is 9.33. The fourth-order valence-corrected chi connectivity index (χ4v) is 2.92. The Morgan fingerprint density at radius 2 is 2.05 bits per heavy atom. The zero-order valence-electron chi connectivity index (χ0n) is 11.2. The van der Waals surface area contributed by atoms with Crippen molar-refractivity contribution in [2.45, 2.75) is 25.3 Å². The molecule has 0 saturated carbocycles. The van der Waals surface area contributed by atoms with Crippen LogP contribution in [0.25, 0.3) is 0 Å². The van der Waals surface area contributed by atoms with Gasteiger partial charge in [0.25, 0.3) is 0 Å². The van der Waals surface area contributed by atoms with Gasteiger partial charge in [-0.25, -0.2) is 0 Å². The molecule has 0 bridgehead atoms. The number of rotatable bonds is 3. The SMILES string of the molecule is O=C(CCC1Cc2ccccc2N1)N1CCNCC1. The molecule has 0 aromatic heterocycles. The number of nitrogens with zero attached hydrogens (tertiary/aromatic N) is 1. The van der Waals surface area contributed by atoms with Gasteiger partial charge in [-0.2, -0.15) is 0 Å². The lowest BCUT2D eigenvalue weighted by Crippen LogP contribution is -2.46. The summed E-state index contributed by atoms with van der Waals surface area (Å²) in [7, 11) is 0. The number of hydrogen-bond acceptors (Lipinski definition) is 3. The lowest BCUT2D eigenvalue weighted by atomic mass is 10.1. The number of nitrogens with one attached hydrogen (secondary N) is 2. The summed E-state index contributed by atoms with van der Waals surface area (Å²) in [6, 6.07) is 8.84. The van der Waals surface area contributed by atoms with Crippen LogP contribution in [0.1, 0.15) is 18.4 Å². The van der Waals surface area contributed by atoms with Crippen LogP contribution >= 0.6 is 0 Å². The Kier molecular flexibility index (Phi) is 3.69. The molecule has 1 amide bonds. The van der Waals surface area contributed by atoms with E-state index in [2.05, 4.69) is 34.9 Å². The average Bonchev–Trinajstić information content (AvgIpc) is 2.88. The highest BCUT2D eigenvalue weighted by Crippen LogP contribution is 2.27. The van der Waals surface area contributed by atoms with Gasteiger partial charge in [0.05, 0.1) is 0 Å². The second-order valence-corrected chi connectivity index (χ2v) is 5.37. The zero-order chi connectivity index (χ0) is 13.1. The van der Waals surface area contributed by atoms with Gasteiger partial charge >= 0.3 is 0 Å². The molecule has 1 aromatic rings. The second-order valence-electron chi connectivity index (χ2n) is 5.37. The molecule has 1 fully saturated rings. The largest absolute Gasteiger partial charge is 0.382 e. The van der Waals surface area contributed by atoms with Crippen molar-refractivity contribution >= 4 is 11.6 Å². The molecule has 1 unspecified atom stereocenters. The summed E-state index contributed by atoms with van der Waals surface area (Å²) in [5, 5.41) is 6.78. The van der Waals surface area contributed by atoms with E-state index >= 15 is 0 Å². The smallest absolute Gasteiger partial charge is 0.222 e. The number of carbonyl (C=O) groups excluding carboxylic acids is 1. The summed E-state index contributed by atoms with van der Waals surface area (Å²) < 4.78 is 0. The van der Waals surface area contributed by atoms with E-state index in [0.29, 0.717) is 18.4 Å². The molecular weight excluding hydrogens is 238 g/mol. The molecule has 2 heterocycles. The van der Waals surface area contributed by atoms with E-state index < -0.39 is 0 Å². The Balaban J connectivity index is 1.47. The van der Waals surface area contributed by atoms with Crippen molar-refractivity contribution in [2.24, 2.45) is 0 Å². The van der Waals surface area contributed by atoms with Crippen LogP contribution in [0.15, 0.2) is 24.3 Å². The fraction of sp³-hybridized carbons (Fsp3) is 0.533. The molecule has 19 heavy (non-hydrogen) atoms. The van der Waals surface area contributed by atoms with Crippen molar-refractivity contribution in [1.29, 1.82) is 0 Å². The lowest BCUT2D eigenvalue weighted by Gasteiger charge is -2.27. The van der Waals surface area contributed by atoms with Crippen LogP contribution < -0.4 is 10.6 Å². The lowest BCUT2D eigenvalue weighted by molar-refractivity contribution is -0.131. The molecule has 2 aliphatic heterocycles. The summed E-state index contributed by atoms with van der Waals surface area (Å²) in [6.07, 6.45) is 2.63. The van der Waals surface area contributed by atoms with Crippen molar-refractivity contribution in [2.75, 3.05) is 31.5 Å². The molecule has 4 heteroatoms. The highest BCUT2D eigenvalue weighted by atomic mass is 16.2. The quantitative estimate of drug-likeness (QED) is 0.858. The summed E-state index contributed by atoms with van der Waals surface area (Å²) in [6.45, 7) is 3.58. The van der Waals surface area contributed by atoms with E-state index in [1.165, 1.54) is 11.3 Å². The maximum Gasteiger partial charge on any atom is 0.222 e. The highest BCUT2D eigenvalue weighted by Gasteiger charge is 2.22. The summed E-state index contributed by atoms with van der Waals surface area (Å²) in [5.74, 6) is 0.305. The van der Waals surface area contributed by atoms with Gasteiger partial charge in [0, 0.05) is 44.3 Å². The number of piperazine rings is 1. The maximum atomic E-state index is 12.1. The Hall–Kier alpha value is -1.55. The molecule has 1 aromatic carbocycles. The van der Waals surface area contributed by atoms with Crippen LogP contribution in [0, 0.1) is 0 Å². The van der Waals surface area contributed by atoms with Gasteiger partial charge in [0.1, 0.15) is 0 Å². The third-order valence-corrected chi connectivity index (χ3v) is 4.02. The molecule has 0 aliphatic carbocycles. The van der Waals surface area contributed by atoms with Gasteiger partial charge in [0.2, 0.25) is 5.91 Å². The molecular formula is C15H21N3O. The maximum absolute atomic E-state index is 12.1. The molecule has 2 aliphatic rings. The van der Waals surface area contributed by atoms with Gasteiger partial charge in [-0.15, -0.1) is 0 Å². The molecule has 2 N–H and O–H groups in total. The van der Waals surface area contributed by atoms with E-state index in [0.717, 1.165) is 39.0 Å². The Morgan fingerprint density at radius 1 is 1.26 bits per heavy atom. The molecule has 3 rings (SSSR count). The minimum absolute atomic E-state index is 0.305. The number of fused-ring (bicyclic) bond motifs is 1. The molecule has 0 radical (unpaired) electrons. The highest BCUT2D eigenvalue weighted by molar-refractivity contribution is 5.76. The van der Waals surface area contributed by atoms with Gasteiger partial charge in [-0.3, -0.25) is 4.79 Å². The number of para-hydroxylation sites is 1. The topological polar surface area (TPSA) is 44.4 Å². The van der Waals surface area contributed by atoms with Gasteiger partial charge in [-0.05, 0) is 24.5 Å². The minimum atomic E-state index is 0.305. The van der Waals surface area contributed by atoms with E-state index in [-0.39, 0.29) is 0 Å². The normalized spacial score (nSPS) is 21.9. The molecule has 1 atom stereocenters. The van der Waals surface area contributed by atoms with Crippen molar-refractivity contribution in [3.63, 3.8) is 0 Å². The second kappa shape index (κ2) is 5.61. The fourth-order valence-electron chi connectivity index (χ4n) is 2.92. The average molecular weight is 259 g/mol. The number of hydrogen-bond donors (Lipinski definition) is 2. The predicted octanol–water partition coefficient (Wildman–Crippen LogP) is 1.24. The number of anilines is 1. The van der Waals surface area contributed by atoms with Crippen molar-refractivity contribution in [3.05, 3.63) is 29.8 Å². The number of carbonyl (C=O) groups is 1. The first-order valence-corrected chi connectivity index (χ1v) is 7.16. The van der Waals surface area contributed by atoms with Gasteiger partial charge in [0.15, 0.2) is 0 Å². The van der Waals surface area contributed by atoms with Gasteiger partial charge < -0.3 is 15.5 Å². The Morgan fingerprint density at radius 3 is 2.84 bits per heavy atom. The minimum Gasteiger partial charge on any atom is -0.382 e. The zero-order valence-corrected chi connectivity index (χ0v) is 11.2. The molecule has 4 nitrogen and oxygen atoms in total. The first kappa shape index (κ1) is 12.5. The van der Waals surface area contributed by atoms with Crippen molar-refractivity contribution in [1.82, 2.24) is 10.2 Å². The van der Waals surface area contributed by atoms with Crippen LogP contribution in [0.3, 0.4) is 0 Å². The summed E-state index contributed by atoms with van der Waals surface area (Å²) >= 11 is 0. The standard InChI is InChI=1S/C15H21N3O/c19-15(18-9-7-16-8-10-18)6-5-13-11-12-3-1-2-4-14(12)17-13/h1-4,13,16-17H,5-11H2. The molecule has 1 saturated heterocycles. The van der Waals surface area contributed by atoms with Crippen LogP contribution in [-0.2, 0) is 11.2 Å². The Labute approximate surface area is 114 Å². The van der Waals surface area contributed by atoms with Gasteiger partial charge in [-0.1, -0.05) is 18.2 Å². The van der Waals surface area contributed by atoms with Crippen molar-refractivity contribution < 1.29 is 4.79 Å². The summed E-state index contributed by atoms with van der Waals surface area (Å²) in [4.78, 5) is 14.1. The van der Waals surface area contributed by atoms with E-state index in [1.807, 2.05) is 4.90 Å². The molecule has 0 spiro atoms. The monoisotopic (exact) mass is 259 g/mol. The molecule has 102 valence electrons. The first-order valence-electron chi connectivity index (χ1n) is 7.16. The van der Waals surface area contributed by atoms with Crippen LogP contribution in [0.2, 0.25) is 0 Å². The Bertz CT molecular complexity index is 429.